The van der Waals surface area contributed by atoms with Crippen molar-refractivity contribution in [1.29, 1.82) is 0 Å². The Hall–Kier alpha value is -6.31. The molecule has 1 aromatic heterocycles. The Labute approximate surface area is 314 Å². The minimum absolute atomic E-state index is 0.966. The molecule has 0 aliphatic carbocycles. The molecule has 0 N–H and O–H groups in total. The smallest absolute Gasteiger partial charge is 0.0711 e. The predicted octanol–water partition coefficient (Wildman–Crippen LogP) is 14.3. The number of aryl methyl sites for hydroxylation is 5. The Morgan fingerprint density at radius 3 is 0.925 bits per heavy atom. The van der Waals surface area contributed by atoms with Gasteiger partial charge in [0, 0.05) is 11.8 Å². The van der Waals surface area contributed by atoms with Crippen molar-refractivity contribution in [1.82, 2.24) is 4.98 Å². The average molecular weight is 682 g/mol. The van der Waals surface area contributed by atoms with Gasteiger partial charge in [-0.15, -0.1) is 0 Å². The molecule has 0 atom stereocenters. The van der Waals surface area contributed by atoms with Crippen LogP contribution in [0.25, 0.3) is 78.0 Å². The summed E-state index contributed by atoms with van der Waals surface area (Å²) in [5.41, 5.74) is 22.7. The van der Waals surface area contributed by atoms with E-state index in [2.05, 4.69) is 198 Å². The highest BCUT2D eigenvalue weighted by Crippen LogP contribution is 2.38. The zero-order valence-corrected chi connectivity index (χ0v) is 31.1. The fraction of sp³-hybridized carbons (Fsp3) is 0.0962. The molecule has 0 bridgehead atoms. The van der Waals surface area contributed by atoms with Crippen LogP contribution in [0.2, 0.25) is 0 Å². The number of rotatable bonds is 7. The highest BCUT2D eigenvalue weighted by atomic mass is 14.7. The predicted molar refractivity (Wildman–Crippen MR) is 226 cm³/mol. The Morgan fingerprint density at radius 1 is 0.264 bits per heavy atom. The average Bonchev–Trinajstić information content (AvgIpc) is 3.19. The van der Waals surface area contributed by atoms with Crippen molar-refractivity contribution in [3.05, 3.63) is 198 Å². The van der Waals surface area contributed by atoms with E-state index in [9.17, 15) is 0 Å². The monoisotopic (exact) mass is 681 g/mol. The van der Waals surface area contributed by atoms with E-state index >= 15 is 0 Å². The van der Waals surface area contributed by atoms with Gasteiger partial charge in [0.2, 0.25) is 0 Å². The molecule has 0 aliphatic heterocycles. The summed E-state index contributed by atoms with van der Waals surface area (Å²) in [6.45, 7) is 10.7. The van der Waals surface area contributed by atoms with E-state index in [1.54, 1.807) is 0 Å². The summed E-state index contributed by atoms with van der Waals surface area (Å²) in [5.74, 6) is 0. The van der Waals surface area contributed by atoms with E-state index in [4.69, 9.17) is 4.98 Å². The highest BCUT2D eigenvalue weighted by molar-refractivity contribution is 5.85. The quantitative estimate of drug-likeness (QED) is 0.163. The molecule has 53 heavy (non-hydrogen) atoms. The molecule has 8 rings (SSSR count). The van der Waals surface area contributed by atoms with Crippen LogP contribution in [0.1, 0.15) is 27.8 Å². The molecule has 0 saturated carbocycles. The molecule has 7 aromatic carbocycles. The van der Waals surface area contributed by atoms with Crippen LogP contribution in [0, 0.1) is 34.6 Å². The van der Waals surface area contributed by atoms with Crippen LogP contribution in [-0.4, -0.2) is 4.98 Å². The van der Waals surface area contributed by atoms with Gasteiger partial charge in [-0.25, -0.2) is 0 Å². The number of nitrogens with zero attached hydrogens (tertiary/aromatic N) is 1. The maximum Gasteiger partial charge on any atom is 0.0711 e. The Morgan fingerprint density at radius 2 is 0.566 bits per heavy atom. The van der Waals surface area contributed by atoms with E-state index in [-0.39, 0.29) is 0 Å². The number of pyridine rings is 1. The molecule has 0 radical (unpaired) electrons. The summed E-state index contributed by atoms with van der Waals surface area (Å²) >= 11 is 0. The summed E-state index contributed by atoms with van der Waals surface area (Å²) in [4.78, 5) is 4.96. The second kappa shape index (κ2) is 14.4. The van der Waals surface area contributed by atoms with Gasteiger partial charge in [0.25, 0.3) is 0 Å². The van der Waals surface area contributed by atoms with Crippen LogP contribution < -0.4 is 0 Å². The van der Waals surface area contributed by atoms with Gasteiger partial charge >= 0.3 is 0 Å². The number of aromatic nitrogens is 1. The van der Waals surface area contributed by atoms with Gasteiger partial charge < -0.3 is 0 Å². The summed E-state index contributed by atoms with van der Waals surface area (Å²) < 4.78 is 0. The zero-order valence-electron chi connectivity index (χ0n) is 31.1. The molecule has 0 aliphatic rings. The summed E-state index contributed by atoms with van der Waals surface area (Å²) in [5, 5.41) is 0. The molecule has 0 fully saturated rings. The molecule has 0 spiro atoms. The first-order chi connectivity index (χ1) is 25.8. The fourth-order valence-corrected chi connectivity index (χ4v) is 7.07. The van der Waals surface area contributed by atoms with Crippen LogP contribution in [0.3, 0.4) is 0 Å². The number of benzene rings is 7. The first-order valence-electron chi connectivity index (χ1n) is 18.4. The van der Waals surface area contributed by atoms with E-state index in [0.29, 0.717) is 0 Å². The lowest BCUT2D eigenvalue weighted by atomic mass is 9.90. The molecule has 0 unspecified atom stereocenters. The Balaban J connectivity index is 1.23. The lowest BCUT2D eigenvalue weighted by Gasteiger charge is -2.15. The molecule has 256 valence electrons. The summed E-state index contributed by atoms with van der Waals surface area (Å²) in [6.07, 6.45) is 1.95. The molecular formula is C52H43N. The van der Waals surface area contributed by atoms with Crippen LogP contribution in [0.4, 0.5) is 0 Å². The summed E-state index contributed by atoms with van der Waals surface area (Å²) in [7, 11) is 0. The fourth-order valence-electron chi connectivity index (χ4n) is 7.07. The van der Waals surface area contributed by atoms with Gasteiger partial charge in [0.15, 0.2) is 0 Å². The molecule has 8 aromatic rings. The summed E-state index contributed by atoms with van der Waals surface area (Å²) in [6, 6.07) is 60.4. The molecule has 1 heterocycles. The second-order valence-corrected chi connectivity index (χ2v) is 14.5. The SMILES string of the molecule is Cc1ccc(-c2cc(-c3ccc(C)cc3)cc(-c3ccnc(-c4cc(-c5cc(-c6ccc(C)cc6)cc(-c6ccc(C)cc6)c5)ccc4C)c3)c2)cc1. The van der Waals surface area contributed by atoms with Crippen LogP contribution in [0.5, 0.6) is 0 Å². The van der Waals surface area contributed by atoms with Crippen molar-refractivity contribution in [3.8, 4) is 78.0 Å². The van der Waals surface area contributed by atoms with Gasteiger partial charge in [-0.2, -0.15) is 0 Å². The maximum absolute atomic E-state index is 4.96. The normalized spacial score (nSPS) is 11.1. The van der Waals surface area contributed by atoms with Gasteiger partial charge in [0.05, 0.1) is 5.69 Å². The van der Waals surface area contributed by atoms with E-state index in [1.807, 2.05) is 6.20 Å². The lowest BCUT2D eigenvalue weighted by Crippen LogP contribution is -1.92. The largest absolute Gasteiger partial charge is 0.256 e. The van der Waals surface area contributed by atoms with Crippen molar-refractivity contribution in [2.45, 2.75) is 34.6 Å². The number of hydrogen-bond donors (Lipinski definition) is 0. The third kappa shape index (κ3) is 7.38. The van der Waals surface area contributed by atoms with E-state index in [1.165, 1.54) is 89.0 Å². The van der Waals surface area contributed by atoms with Gasteiger partial charge in [0.1, 0.15) is 0 Å². The molecule has 1 heteroatoms. The molecule has 0 amide bonds. The first-order valence-corrected chi connectivity index (χ1v) is 18.4. The number of hydrogen-bond acceptors (Lipinski definition) is 1. The molecule has 1 nitrogen and oxygen atoms in total. The van der Waals surface area contributed by atoms with E-state index < -0.39 is 0 Å². The van der Waals surface area contributed by atoms with Crippen LogP contribution >= 0.6 is 0 Å². The standard InChI is InChI=1S/C52H43N/c1-34-6-15-39(16-7-34)45-26-46(40-17-8-35(2)9-18-40)29-49(28-45)43-23-14-38(5)51(32-43)52-33-44(24-25-53-52)50-30-47(41-19-10-36(3)11-20-41)27-48(31-50)42-21-12-37(4)13-22-42/h6-33H,1-5H3. The minimum Gasteiger partial charge on any atom is -0.256 e. The lowest BCUT2D eigenvalue weighted by molar-refractivity contribution is 1.31. The topological polar surface area (TPSA) is 12.9 Å². The van der Waals surface area contributed by atoms with Crippen molar-refractivity contribution >= 4 is 0 Å². The Bertz CT molecular complexity index is 2430. The van der Waals surface area contributed by atoms with E-state index in [0.717, 1.165) is 16.8 Å². The van der Waals surface area contributed by atoms with Gasteiger partial charge in [-0.3, -0.25) is 4.98 Å². The maximum atomic E-state index is 4.96. The molecule has 0 saturated heterocycles. The second-order valence-electron chi connectivity index (χ2n) is 14.5. The Kier molecular flexibility index (Phi) is 9.17. The minimum atomic E-state index is 0.966. The van der Waals surface area contributed by atoms with Crippen molar-refractivity contribution in [2.75, 3.05) is 0 Å². The highest BCUT2D eigenvalue weighted by Gasteiger charge is 2.13. The van der Waals surface area contributed by atoms with Gasteiger partial charge in [-0.1, -0.05) is 131 Å². The zero-order chi connectivity index (χ0) is 36.5. The third-order valence-electron chi connectivity index (χ3n) is 10.3. The first kappa shape index (κ1) is 33.8. The third-order valence-corrected chi connectivity index (χ3v) is 10.3. The van der Waals surface area contributed by atoms with Crippen LogP contribution in [-0.2, 0) is 0 Å². The van der Waals surface area contributed by atoms with Gasteiger partial charge in [-0.05, 0) is 162 Å². The van der Waals surface area contributed by atoms with Crippen LogP contribution in [0.15, 0.2) is 170 Å². The van der Waals surface area contributed by atoms with Crippen molar-refractivity contribution in [2.24, 2.45) is 0 Å². The molecular weight excluding hydrogens is 639 g/mol. The van der Waals surface area contributed by atoms with Crippen molar-refractivity contribution in [3.63, 3.8) is 0 Å². The van der Waals surface area contributed by atoms with Crippen molar-refractivity contribution < 1.29 is 0 Å².